The molecule has 1 fully saturated rings. The Hall–Kier alpha value is -1.39. The number of hydrogen-bond donors (Lipinski definition) is 1. The first-order valence-corrected chi connectivity index (χ1v) is 5.09. The lowest BCUT2D eigenvalue weighted by atomic mass is 10.1. The monoisotopic (exact) mass is 204 g/mol. The van der Waals surface area contributed by atoms with Gasteiger partial charge in [-0.3, -0.25) is 4.98 Å². The fourth-order valence-electron chi connectivity index (χ4n) is 1.88. The van der Waals surface area contributed by atoms with Gasteiger partial charge in [-0.05, 0) is 12.1 Å². The van der Waals surface area contributed by atoms with Crippen molar-refractivity contribution in [3.8, 4) is 0 Å². The molecule has 3 rings (SSSR count). The molecule has 0 bridgehead atoms. The molecule has 1 saturated heterocycles. The Morgan fingerprint density at radius 3 is 3.33 bits per heavy atom. The molecule has 4 nitrogen and oxygen atoms in total. The van der Waals surface area contributed by atoms with Gasteiger partial charge in [-0.1, -0.05) is 0 Å². The number of hydrogen-bond acceptors (Lipinski definition) is 4. The quantitative estimate of drug-likeness (QED) is 0.764. The number of fused-ring (bicyclic) bond motifs is 1. The Kier molecular flexibility index (Phi) is 2.16. The van der Waals surface area contributed by atoms with Crippen molar-refractivity contribution in [3.63, 3.8) is 0 Å². The molecule has 1 N–H and O–H groups in total. The fraction of sp³-hybridized carbons (Fsp3) is 0.364. The van der Waals surface area contributed by atoms with Crippen LogP contribution in [0.1, 0.15) is 11.7 Å². The van der Waals surface area contributed by atoms with Crippen LogP contribution in [0.2, 0.25) is 0 Å². The molecule has 0 amide bonds. The van der Waals surface area contributed by atoms with E-state index in [4.69, 9.17) is 9.15 Å². The molecule has 78 valence electrons. The summed E-state index contributed by atoms with van der Waals surface area (Å²) in [5, 5.41) is 3.29. The van der Waals surface area contributed by atoms with E-state index in [2.05, 4.69) is 10.3 Å². The average Bonchev–Trinajstić information content (AvgIpc) is 2.74. The van der Waals surface area contributed by atoms with Gasteiger partial charge in [-0.15, -0.1) is 0 Å². The highest BCUT2D eigenvalue weighted by Crippen LogP contribution is 2.27. The van der Waals surface area contributed by atoms with E-state index in [0.717, 1.165) is 36.4 Å². The lowest BCUT2D eigenvalue weighted by Gasteiger charge is -2.22. The zero-order valence-electron chi connectivity index (χ0n) is 8.27. The summed E-state index contributed by atoms with van der Waals surface area (Å²) in [7, 11) is 0. The van der Waals surface area contributed by atoms with Gasteiger partial charge in [0.05, 0.1) is 12.9 Å². The Balaban J connectivity index is 2.02. The van der Waals surface area contributed by atoms with Gasteiger partial charge in [0.25, 0.3) is 0 Å². The van der Waals surface area contributed by atoms with E-state index in [0.29, 0.717) is 0 Å². The van der Waals surface area contributed by atoms with Crippen molar-refractivity contribution in [1.82, 2.24) is 10.3 Å². The van der Waals surface area contributed by atoms with Gasteiger partial charge in [0, 0.05) is 24.8 Å². The van der Waals surface area contributed by atoms with E-state index in [-0.39, 0.29) is 6.10 Å². The summed E-state index contributed by atoms with van der Waals surface area (Å²) in [6, 6.07) is 3.79. The van der Waals surface area contributed by atoms with E-state index in [1.165, 1.54) is 0 Å². The van der Waals surface area contributed by atoms with Crippen LogP contribution in [-0.4, -0.2) is 24.7 Å². The first-order chi connectivity index (χ1) is 7.45. The number of pyridine rings is 1. The van der Waals surface area contributed by atoms with Crippen molar-refractivity contribution in [2.75, 3.05) is 19.7 Å². The second-order valence-electron chi connectivity index (χ2n) is 3.60. The standard InChI is InChI=1S/C11H12N2O2/c1-2-9-11(13-3-1)8(7-15-9)10-6-12-4-5-14-10/h1-3,7,10,12H,4-6H2. The third-order valence-corrected chi connectivity index (χ3v) is 2.63. The predicted octanol–water partition coefficient (Wildman–Crippen LogP) is 1.49. The van der Waals surface area contributed by atoms with Crippen molar-refractivity contribution >= 4 is 11.1 Å². The minimum absolute atomic E-state index is 0.0647. The van der Waals surface area contributed by atoms with Crippen molar-refractivity contribution < 1.29 is 9.15 Å². The molecule has 1 unspecified atom stereocenters. The second-order valence-corrected chi connectivity index (χ2v) is 3.60. The van der Waals surface area contributed by atoms with E-state index in [1.807, 2.05) is 12.1 Å². The van der Waals surface area contributed by atoms with E-state index in [9.17, 15) is 0 Å². The second kappa shape index (κ2) is 3.64. The van der Waals surface area contributed by atoms with Gasteiger partial charge in [-0.25, -0.2) is 0 Å². The molecular weight excluding hydrogens is 192 g/mol. The highest BCUT2D eigenvalue weighted by Gasteiger charge is 2.20. The zero-order valence-corrected chi connectivity index (χ0v) is 8.27. The zero-order chi connectivity index (χ0) is 10.1. The van der Waals surface area contributed by atoms with Crippen LogP contribution in [0.4, 0.5) is 0 Å². The average molecular weight is 204 g/mol. The molecule has 1 aliphatic heterocycles. The Labute approximate surface area is 87.2 Å². The number of furan rings is 1. The largest absolute Gasteiger partial charge is 0.462 e. The summed E-state index contributed by atoms with van der Waals surface area (Å²) < 4.78 is 11.1. The normalized spacial score (nSPS) is 22.0. The molecule has 4 heteroatoms. The smallest absolute Gasteiger partial charge is 0.152 e. The first-order valence-electron chi connectivity index (χ1n) is 5.09. The van der Waals surface area contributed by atoms with Gasteiger partial charge in [0.1, 0.15) is 11.6 Å². The van der Waals surface area contributed by atoms with Gasteiger partial charge < -0.3 is 14.5 Å². The van der Waals surface area contributed by atoms with E-state index < -0.39 is 0 Å². The van der Waals surface area contributed by atoms with Gasteiger partial charge in [0.2, 0.25) is 0 Å². The summed E-state index contributed by atoms with van der Waals surface area (Å²) in [5.41, 5.74) is 2.77. The molecule has 0 saturated carbocycles. The van der Waals surface area contributed by atoms with Gasteiger partial charge >= 0.3 is 0 Å². The maximum atomic E-state index is 5.67. The molecule has 2 aromatic heterocycles. The number of ether oxygens (including phenoxy) is 1. The summed E-state index contributed by atoms with van der Waals surface area (Å²) in [6.07, 6.45) is 3.59. The molecular formula is C11H12N2O2. The Morgan fingerprint density at radius 2 is 2.47 bits per heavy atom. The summed E-state index contributed by atoms with van der Waals surface area (Å²) >= 11 is 0. The third kappa shape index (κ3) is 1.52. The van der Waals surface area contributed by atoms with Crippen LogP contribution in [0.25, 0.3) is 11.1 Å². The van der Waals surface area contributed by atoms with Crippen molar-refractivity contribution in [3.05, 3.63) is 30.2 Å². The van der Waals surface area contributed by atoms with Crippen LogP contribution < -0.4 is 5.32 Å². The van der Waals surface area contributed by atoms with Crippen molar-refractivity contribution in [1.29, 1.82) is 0 Å². The number of aromatic nitrogens is 1. The highest BCUT2D eigenvalue weighted by molar-refractivity contribution is 5.76. The van der Waals surface area contributed by atoms with E-state index >= 15 is 0 Å². The van der Waals surface area contributed by atoms with Crippen LogP contribution in [0, 0.1) is 0 Å². The lowest BCUT2D eigenvalue weighted by molar-refractivity contribution is 0.0280. The minimum atomic E-state index is 0.0647. The summed E-state index contributed by atoms with van der Waals surface area (Å²) in [5.74, 6) is 0. The highest BCUT2D eigenvalue weighted by atomic mass is 16.5. The minimum Gasteiger partial charge on any atom is -0.462 e. The van der Waals surface area contributed by atoms with Crippen LogP contribution in [0.15, 0.2) is 29.0 Å². The van der Waals surface area contributed by atoms with Crippen LogP contribution in [-0.2, 0) is 4.74 Å². The topological polar surface area (TPSA) is 47.3 Å². The van der Waals surface area contributed by atoms with Crippen LogP contribution >= 0.6 is 0 Å². The number of nitrogens with zero attached hydrogens (tertiary/aromatic N) is 1. The Bertz CT molecular complexity index is 460. The van der Waals surface area contributed by atoms with Crippen LogP contribution in [0.3, 0.4) is 0 Å². The molecule has 0 spiro atoms. The predicted molar refractivity (Wildman–Crippen MR) is 55.6 cm³/mol. The molecule has 1 atom stereocenters. The molecule has 0 aliphatic carbocycles. The molecule has 0 aromatic carbocycles. The number of morpholine rings is 1. The molecule has 0 radical (unpaired) electrons. The fourth-order valence-corrected chi connectivity index (χ4v) is 1.88. The third-order valence-electron chi connectivity index (χ3n) is 2.63. The summed E-state index contributed by atoms with van der Waals surface area (Å²) in [4.78, 5) is 4.31. The number of rotatable bonds is 1. The lowest BCUT2D eigenvalue weighted by Crippen LogP contribution is -2.33. The van der Waals surface area contributed by atoms with Gasteiger partial charge in [0.15, 0.2) is 5.58 Å². The maximum absolute atomic E-state index is 5.67. The SMILES string of the molecule is c1cnc2c(C3CNCCO3)coc2c1. The molecule has 1 aliphatic rings. The van der Waals surface area contributed by atoms with E-state index in [1.54, 1.807) is 12.5 Å². The Morgan fingerprint density at radius 1 is 1.47 bits per heavy atom. The van der Waals surface area contributed by atoms with Crippen LogP contribution in [0.5, 0.6) is 0 Å². The molecule has 2 aromatic rings. The maximum Gasteiger partial charge on any atom is 0.152 e. The van der Waals surface area contributed by atoms with Crippen molar-refractivity contribution in [2.24, 2.45) is 0 Å². The van der Waals surface area contributed by atoms with Crippen molar-refractivity contribution in [2.45, 2.75) is 6.10 Å². The molecule has 3 heterocycles. The molecule has 15 heavy (non-hydrogen) atoms. The van der Waals surface area contributed by atoms with Gasteiger partial charge in [-0.2, -0.15) is 0 Å². The summed E-state index contributed by atoms with van der Waals surface area (Å²) in [6.45, 7) is 2.48. The number of nitrogens with one attached hydrogen (secondary N) is 1. The first kappa shape index (κ1) is 8.88.